The minimum atomic E-state index is 0.0829. The van der Waals surface area contributed by atoms with Crippen LogP contribution in [0.5, 0.6) is 0 Å². The predicted molar refractivity (Wildman–Crippen MR) is 112 cm³/mol. The molecule has 0 spiro atoms. The van der Waals surface area contributed by atoms with Crippen molar-refractivity contribution in [1.82, 2.24) is 29.4 Å². The van der Waals surface area contributed by atoms with E-state index >= 15 is 0 Å². The molecular weight excluding hydrogens is 364 g/mol. The highest BCUT2D eigenvalue weighted by atomic mass is 16.2. The molecule has 0 aliphatic carbocycles. The topological polar surface area (TPSA) is 59.2 Å². The first-order valence-corrected chi connectivity index (χ1v) is 10.1. The minimum absolute atomic E-state index is 0.0829. The molecule has 0 N–H and O–H groups in total. The van der Waals surface area contributed by atoms with E-state index in [1.807, 2.05) is 47.9 Å². The fraction of sp³-hybridized carbons (Fsp3) is 0.409. The Hall–Kier alpha value is -2.93. The van der Waals surface area contributed by atoms with Crippen molar-refractivity contribution in [3.63, 3.8) is 0 Å². The fourth-order valence-corrected chi connectivity index (χ4v) is 4.04. The van der Waals surface area contributed by atoms with Gasteiger partial charge in [0.2, 0.25) is 0 Å². The molecule has 4 rings (SSSR count). The number of aromatic nitrogens is 4. The van der Waals surface area contributed by atoms with Crippen LogP contribution in [0.25, 0.3) is 5.69 Å². The summed E-state index contributed by atoms with van der Waals surface area (Å²) >= 11 is 0. The summed E-state index contributed by atoms with van der Waals surface area (Å²) in [6, 6.07) is 10.2. The smallest absolute Gasteiger partial charge is 0.257 e. The number of carbonyl (C=O) groups is 1. The van der Waals surface area contributed by atoms with E-state index in [0.29, 0.717) is 5.56 Å². The van der Waals surface area contributed by atoms with Crippen LogP contribution in [-0.2, 0) is 13.6 Å². The van der Waals surface area contributed by atoms with Gasteiger partial charge in [-0.3, -0.25) is 14.4 Å². The van der Waals surface area contributed by atoms with E-state index in [1.54, 1.807) is 4.68 Å². The first kappa shape index (κ1) is 19.4. The molecule has 0 saturated carbocycles. The zero-order valence-electron chi connectivity index (χ0n) is 17.6. The lowest BCUT2D eigenvalue weighted by molar-refractivity contribution is 0.0627. The third kappa shape index (κ3) is 3.82. The maximum Gasteiger partial charge on any atom is 0.257 e. The molecule has 0 unspecified atom stereocenters. The van der Waals surface area contributed by atoms with Gasteiger partial charge in [0.15, 0.2) is 0 Å². The number of hydrogen-bond acceptors (Lipinski definition) is 4. The predicted octanol–water partition coefficient (Wildman–Crippen LogP) is 2.49. The number of amides is 1. The molecule has 7 heteroatoms. The largest absolute Gasteiger partial charge is 0.336 e. The number of piperazine rings is 1. The van der Waals surface area contributed by atoms with Gasteiger partial charge in [-0.15, -0.1) is 0 Å². The van der Waals surface area contributed by atoms with Crippen LogP contribution in [-0.4, -0.2) is 61.4 Å². The van der Waals surface area contributed by atoms with Crippen molar-refractivity contribution in [2.24, 2.45) is 7.05 Å². The molecule has 1 aliphatic heterocycles. The highest BCUT2D eigenvalue weighted by Gasteiger charge is 2.25. The van der Waals surface area contributed by atoms with Crippen LogP contribution < -0.4 is 0 Å². The van der Waals surface area contributed by atoms with Gasteiger partial charge in [-0.25, -0.2) is 4.68 Å². The summed E-state index contributed by atoms with van der Waals surface area (Å²) in [5, 5.41) is 9.05. The van der Waals surface area contributed by atoms with E-state index < -0.39 is 0 Å². The number of nitrogens with zero attached hydrogens (tertiary/aromatic N) is 6. The molecule has 0 bridgehead atoms. The minimum Gasteiger partial charge on any atom is -0.336 e. The van der Waals surface area contributed by atoms with E-state index in [-0.39, 0.29) is 5.91 Å². The maximum absolute atomic E-state index is 12.8. The van der Waals surface area contributed by atoms with Gasteiger partial charge in [0.05, 0.1) is 22.6 Å². The standard InChI is InChI=1S/C22H28N6O/c1-16-20(18(3)28(24-16)19-8-6-5-7-9-19)15-26-10-12-27(13-11-26)22(29)21-14-25(4)23-17(21)2/h5-9,14H,10-13,15H2,1-4H3. The Balaban J connectivity index is 1.42. The first-order chi connectivity index (χ1) is 13.9. The summed E-state index contributed by atoms with van der Waals surface area (Å²) in [5.41, 5.74) is 6.10. The molecule has 7 nitrogen and oxygen atoms in total. The van der Waals surface area contributed by atoms with Gasteiger partial charge in [-0.05, 0) is 32.9 Å². The van der Waals surface area contributed by atoms with Gasteiger partial charge in [0.25, 0.3) is 5.91 Å². The molecule has 152 valence electrons. The molecule has 1 amide bonds. The van der Waals surface area contributed by atoms with Crippen molar-refractivity contribution in [3.05, 3.63) is 64.7 Å². The summed E-state index contributed by atoms with van der Waals surface area (Å²) in [6.07, 6.45) is 1.81. The van der Waals surface area contributed by atoms with Crippen LogP contribution in [0.15, 0.2) is 36.5 Å². The lowest BCUT2D eigenvalue weighted by Crippen LogP contribution is -2.48. The van der Waals surface area contributed by atoms with Crippen LogP contribution in [0.2, 0.25) is 0 Å². The second-order valence-corrected chi connectivity index (χ2v) is 7.77. The Morgan fingerprint density at radius 2 is 1.66 bits per heavy atom. The normalized spacial score (nSPS) is 15.1. The number of rotatable bonds is 4. The van der Waals surface area contributed by atoms with E-state index in [0.717, 1.165) is 49.8 Å². The second kappa shape index (κ2) is 7.83. The van der Waals surface area contributed by atoms with Crippen LogP contribution in [0.3, 0.4) is 0 Å². The summed E-state index contributed by atoms with van der Waals surface area (Å²) in [6.45, 7) is 10.1. The van der Waals surface area contributed by atoms with Crippen LogP contribution in [0.1, 0.15) is 33.0 Å². The number of hydrogen-bond donors (Lipinski definition) is 0. The molecular formula is C22H28N6O. The first-order valence-electron chi connectivity index (χ1n) is 10.1. The van der Waals surface area contributed by atoms with Crippen molar-refractivity contribution >= 4 is 5.91 Å². The maximum atomic E-state index is 12.8. The highest BCUT2D eigenvalue weighted by Crippen LogP contribution is 2.21. The van der Waals surface area contributed by atoms with Crippen molar-refractivity contribution in [2.45, 2.75) is 27.3 Å². The van der Waals surface area contributed by atoms with Gasteiger partial charge < -0.3 is 4.90 Å². The molecule has 1 saturated heterocycles. The van der Waals surface area contributed by atoms with E-state index in [9.17, 15) is 4.79 Å². The Kier molecular flexibility index (Phi) is 5.24. The summed E-state index contributed by atoms with van der Waals surface area (Å²) < 4.78 is 3.73. The molecule has 1 aliphatic rings. The average molecular weight is 393 g/mol. The van der Waals surface area contributed by atoms with Gasteiger partial charge in [0, 0.05) is 57.2 Å². The second-order valence-electron chi connectivity index (χ2n) is 7.77. The van der Waals surface area contributed by atoms with Crippen molar-refractivity contribution in [2.75, 3.05) is 26.2 Å². The third-order valence-electron chi connectivity index (χ3n) is 5.73. The Bertz CT molecular complexity index is 1010. The zero-order chi connectivity index (χ0) is 20.5. The van der Waals surface area contributed by atoms with Crippen LogP contribution in [0, 0.1) is 20.8 Å². The molecule has 3 aromatic rings. The Labute approximate surface area is 171 Å². The zero-order valence-corrected chi connectivity index (χ0v) is 17.6. The molecule has 1 fully saturated rings. The molecule has 29 heavy (non-hydrogen) atoms. The highest BCUT2D eigenvalue weighted by molar-refractivity contribution is 5.95. The van der Waals surface area contributed by atoms with Gasteiger partial charge in [0.1, 0.15) is 0 Å². The number of para-hydroxylation sites is 1. The molecule has 3 heterocycles. The van der Waals surface area contributed by atoms with E-state index in [2.05, 4.69) is 36.0 Å². The summed E-state index contributed by atoms with van der Waals surface area (Å²) in [7, 11) is 1.85. The fourth-order valence-electron chi connectivity index (χ4n) is 4.04. The summed E-state index contributed by atoms with van der Waals surface area (Å²) in [4.78, 5) is 17.2. The van der Waals surface area contributed by atoms with E-state index in [4.69, 9.17) is 5.10 Å². The van der Waals surface area contributed by atoms with Crippen LogP contribution >= 0.6 is 0 Å². The molecule has 2 aromatic heterocycles. The van der Waals surface area contributed by atoms with Crippen molar-refractivity contribution in [1.29, 1.82) is 0 Å². The van der Waals surface area contributed by atoms with Gasteiger partial charge >= 0.3 is 0 Å². The van der Waals surface area contributed by atoms with E-state index in [1.165, 1.54) is 11.3 Å². The van der Waals surface area contributed by atoms with Gasteiger partial charge in [-0.2, -0.15) is 10.2 Å². The number of carbonyl (C=O) groups excluding carboxylic acids is 1. The van der Waals surface area contributed by atoms with Crippen molar-refractivity contribution in [3.8, 4) is 5.69 Å². The van der Waals surface area contributed by atoms with Crippen LogP contribution in [0.4, 0.5) is 0 Å². The SMILES string of the molecule is Cc1nn(C)cc1C(=O)N1CCN(Cc2c(C)nn(-c3ccccc3)c2C)CC1. The molecule has 0 atom stereocenters. The van der Waals surface area contributed by atoms with Gasteiger partial charge in [-0.1, -0.05) is 18.2 Å². The summed E-state index contributed by atoms with van der Waals surface area (Å²) in [5.74, 6) is 0.0829. The Morgan fingerprint density at radius 1 is 0.966 bits per heavy atom. The molecule has 1 aromatic carbocycles. The Morgan fingerprint density at radius 3 is 2.28 bits per heavy atom. The quantitative estimate of drug-likeness (QED) is 0.685. The monoisotopic (exact) mass is 392 g/mol. The lowest BCUT2D eigenvalue weighted by atomic mass is 10.1. The lowest BCUT2D eigenvalue weighted by Gasteiger charge is -2.34. The number of benzene rings is 1. The molecule has 0 radical (unpaired) electrons. The van der Waals surface area contributed by atoms with Crippen molar-refractivity contribution < 1.29 is 4.79 Å². The average Bonchev–Trinajstić information content (AvgIpc) is 3.21. The third-order valence-corrected chi connectivity index (χ3v) is 5.73. The number of aryl methyl sites for hydroxylation is 3.